The number of aromatic nitrogens is 3. The summed E-state index contributed by atoms with van der Waals surface area (Å²) >= 11 is 1.52. The number of esters is 1. The summed E-state index contributed by atoms with van der Waals surface area (Å²) in [4.78, 5) is 12.4. The van der Waals surface area contributed by atoms with Gasteiger partial charge in [-0.25, -0.2) is 4.79 Å². The van der Waals surface area contributed by atoms with E-state index in [0.717, 1.165) is 33.2 Å². The predicted molar refractivity (Wildman–Crippen MR) is 113 cm³/mol. The van der Waals surface area contributed by atoms with Gasteiger partial charge in [0.2, 0.25) is 5.76 Å². The Morgan fingerprint density at radius 1 is 1.10 bits per heavy atom. The molecule has 2 heterocycles. The highest BCUT2D eigenvalue weighted by atomic mass is 32.2. The van der Waals surface area contributed by atoms with Gasteiger partial charge in [0.15, 0.2) is 5.16 Å². The highest BCUT2D eigenvalue weighted by molar-refractivity contribution is 7.98. The van der Waals surface area contributed by atoms with Gasteiger partial charge in [-0.3, -0.25) is 4.57 Å². The van der Waals surface area contributed by atoms with Crippen LogP contribution in [0.5, 0.6) is 0 Å². The van der Waals surface area contributed by atoms with E-state index in [2.05, 4.69) is 23.2 Å². The molecule has 0 spiro atoms. The van der Waals surface area contributed by atoms with Crippen LogP contribution in [0.15, 0.2) is 58.1 Å². The van der Waals surface area contributed by atoms with Gasteiger partial charge in [-0.15, -0.1) is 10.2 Å². The Hall–Kier alpha value is -3.06. The lowest BCUT2D eigenvalue weighted by Gasteiger charge is -2.11. The first-order chi connectivity index (χ1) is 14.1. The highest BCUT2D eigenvalue weighted by Gasteiger charge is 2.23. The average molecular weight is 407 g/mol. The van der Waals surface area contributed by atoms with E-state index >= 15 is 0 Å². The molecule has 2 aromatic heterocycles. The number of hydrogen-bond acceptors (Lipinski definition) is 6. The second kappa shape index (κ2) is 8.13. The fraction of sp³-hybridized carbons (Fsp3) is 0.227. The van der Waals surface area contributed by atoms with Crippen molar-refractivity contribution in [3.63, 3.8) is 0 Å². The van der Waals surface area contributed by atoms with Gasteiger partial charge < -0.3 is 9.15 Å². The maximum Gasteiger partial charge on any atom is 0.374 e. The van der Waals surface area contributed by atoms with Crippen LogP contribution in [0.3, 0.4) is 0 Å². The third-order valence-corrected chi connectivity index (χ3v) is 5.61. The first kappa shape index (κ1) is 19.3. The number of para-hydroxylation sites is 2. The number of benzene rings is 2. The number of aryl methyl sites for hydroxylation is 2. The van der Waals surface area contributed by atoms with E-state index in [4.69, 9.17) is 9.15 Å². The lowest BCUT2D eigenvalue weighted by Crippen LogP contribution is -2.06. The standard InChI is InChI=1S/C22H21N3O3S/c1-4-27-21(26)20-17(16-10-6-8-12-19(16)28-20)13-29-22-24-23-15(3)25(22)18-11-7-5-9-14(18)2/h5-12H,4,13H2,1-3H3. The van der Waals surface area contributed by atoms with E-state index in [1.165, 1.54) is 11.8 Å². The Balaban J connectivity index is 1.71. The van der Waals surface area contributed by atoms with Gasteiger partial charge in [0.1, 0.15) is 11.4 Å². The molecule has 0 unspecified atom stereocenters. The molecule has 148 valence electrons. The van der Waals surface area contributed by atoms with Crippen molar-refractivity contribution in [2.75, 3.05) is 6.61 Å². The lowest BCUT2D eigenvalue weighted by atomic mass is 10.1. The zero-order valence-corrected chi connectivity index (χ0v) is 17.3. The molecule has 4 aromatic rings. The number of carbonyl (C=O) groups excluding carboxylic acids is 1. The molecular weight excluding hydrogens is 386 g/mol. The highest BCUT2D eigenvalue weighted by Crippen LogP contribution is 2.33. The van der Waals surface area contributed by atoms with Crippen molar-refractivity contribution in [3.8, 4) is 5.69 Å². The molecule has 0 aliphatic rings. The van der Waals surface area contributed by atoms with Gasteiger partial charge in [0.25, 0.3) is 0 Å². The first-order valence-corrected chi connectivity index (χ1v) is 10.4. The third kappa shape index (κ3) is 3.65. The minimum atomic E-state index is -0.448. The first-order valence-electron chi connectivity index (χ1n) is 9.38. The second-order valence-corrected chi connectivity index (χ2v) is 7.51. The van der Waals surface area contributed by atoms with E-state index in [9.17, 15) is 4.79 Å². The van der Waals surface area contributed by atoms with Crippen molar-refractivity contribution in [1.82, 2.24) is 14.8 Å². The van der Waals surface area contributed by atoms with Crippen LogP contribution in [0.2, 0.25) is 0 Å². The molecule has 0 fully saturated rings. The van der Waals surface area contributed by atoms with Gasteiger partial charge >= 0.3 is 5.97 Å². The predicted octanol–water partition coefficient (Wildman–Crippen LogP) is 5.10. The quantitative estimate of drug-likeness (QED) is 0.327. The fourth-order valence-corrected chi connectivity index (χ4v) is 4.29. The van der Waals surface area contributed by atoms with Crippen LogP contribution in [0.4, 0.5) is 0 Å². The molecule has 0 radical (unpaired) electrons. The summed E-state index contributed by atoms with van der Waals surface area (Å²) in [6.45, 7) is 6.07. The molecule has 4 rings (SSSR count). The van der Waals surface area contributed by atoms with E-state index in [-0.39, 0.29) is 5.76 Å². The zero-order chi connectivity index (χ0) is 20.4. The summed E-state index contributed by atoms with van der Waals surface area (Å²) in [5.74, 6) is 1.12. The van der Waals surface area contributed by atoms with Crippen LogP contribution in [0.25, 0.3) is 16.7 Å². The molecule has 0 aliphatic carbocycles. The van der Waals surface area contributed by atoms with E-state index in [0.29, 0.717) is 17.9 Å². The van der Waals surface area contributed by atoms with Crippen LogP contribution >= 0.6 is 11.8 Å². The summed E-state index contributed by atoms with van der Waals surface area (Å²) in [5.41, 5.74) is 3.65. The van der Waals surface area contributed by atoms with E-state index in [1.807, 2.05) is 54.0 Å². The SMILES string of the molecule is CCOC(=O)c1oc2ccccc2c1CSc1nnc(C)n1-c1ccccc1C. The van der Waals surface area contributed by atoms with Gasteiger partial charge in [-0.1, -0.05) is 48.2 Å². The van der Waals surface area contributed by atoms with Crippen molar-refractivity contribution in [2.24, 2.45) is 0 Å². The van der Waals surface area contributed by atoms with Crippen molar-refractivity contribution >= 4 is 28.7 Å². The molecule has 7 heteroatoms. The lowest BCUT2D eigenvalue weighted by molar-refractivity contribution is 0.0491. The van der Waals surface area contributed by atoms with Gasteiger partial charge in [0, 0.05) is 16.7 Å². The third-order valence-electron chi connectivity index (χ3n) is 4.66. The molecule has 29 heavy (non-hydrogen) atoms. The normalized spacial score (nSPS) is 11.1. The fourth-order valence-electron chi connectivity index (χ4n) is 3.27. The molecule has 6 nitrogen and oxygen atoms in total. The molecule has 0 amide bonds. The number of hydrogen-bond donors (Lipinski definition) is 0. The van der Waals surface area contributed by atoms with Crippen LogP contribution in [0.1, 0.15) is 34.4 Å². The topological polar surface area (TPSA) is 70.2 Å². The Morgan fingerprint density at radius 3 is 2.66 bits per heavy atom. The smallest absolute Gasteiger partial charge is 0.374 e. The van der Waals surface area contributed by atoms with Crippen molar-refractivity contribution < 1.29 is 13.9 Å². The Labute approximate surface area is 172 Å². The Bertz CT molecular complexity index is 1180. The minimum Gasteiger partial charge on any atom is -0.460 e. The summed E-state index contributed by atoms with van der Waals surface area (Å²) in [6.07, 6.45) is 0. The van der Waals surface area contributed by atoms with Gasteiger partial charge in [-0.05, 0) is 38.5 Å². The molecule has 0 bridgehead atoms. The summed E-state index contributed by atoms with van der Waals surface area (Å²) in [5, 5.41) is 10.3. The van der Waals surface area contributed by atoms with Gasteiger partial charge in [0.05, 0.1) is 12.3 Å². The Kier molecular flexibility index (Phi) is 5.40. The van der Waals surface area contributed by atoms with Crippen LogP contribution in [-0.2, 0) is 10.5 Å². The number of thioether (sulfide) groups is 1. The van der Waals surface area contributed by atoms with E-state index in [1.54, 1.807) is 6.92 Å². The number of furan rings is 1. The number of carbonyl (C=O) groups is 1. The minimum absolute atomic E-state index is 0.249. The average Bonchev–Trinajstić information content (AvgIpc) is 3.27. The van der Waals surface area contributed by atoms with Gasteiger partial charge in [-0.2, -0.15) is 0 Å². The Morgan fingerprint density at radius 2 is 1.86 bits per heavy atom. The van der Waals surface area contributed by atoms with Crippen LogP contribution in [-0.4, -0.2) is 27.3 Å². The molecule has 0 saturated carbocycles. The molecule has 0 atom stereocenters. The summed E-state index contributed by atoms with van der Waals surface area (Å²) in [6, 6.07) is 15.7. The van der Waals surface area contributed by atoms with Crippen molar-refractivity contribution in [3.05, 3.63) is 71.2 Å². The maximum absolute atomic E-state index is 12.4. The molecule has 0 N–H and O–H groups in total. The van der Waals surface area contributed by atoms with E-state index < -0.39 is 5.97 Å². The summed E-state index contributed by atoms with van der Waals surface area (Å²) < 4.78 is 13.0. The van der Waals surface area contributed by atoms with Crippen molar-refractivity contribution in [1.29, 1.82) is 0 Å². The number of fused-ring (bicyclic) bond motifs is 1. The monoisotopic (exact) mass is 407 g/mol. The summed E-state index contributed by atoms with van der Waals surface area (Å²) in [7, 11) is 0. The number of nitrogens with zero attached hydrogens (tertiary/aromatic N) is 3. The molecule has 0 saturated heterocycles. The molecular formula is C22H21N3O3S. The van der Waals surface area contributed by atoms with Crippen molar-refractivity contribution in [2.45, 2.75) is 31.7 Å². The number of ether oxygens (including phenoxy) is 1. The van der Waals surface area contributed by atoms with Crippen LogP contribution in [0, 0.1) is 13.8 Å². The largest absolute Gasteiger partial charge is 0.460 e. The molecule has 0 aliphatic heterocycles. The second-order valence-electron chi connectivity index (χ2n) is 6.57. The number of rotatable bonds is 6. The maximum atomic E-state index is 12.4. The zero-order valence-electron chi connectivity index (χ0n) is 16.5. The molecule has 2 aromatic carbocycles. The van der Waals surface area contributed by atoms with Crippen LogP contribution < -0.4 is 0 Å².